The second-order valence-corrected chi connectivity index (χ2v) is 8.08. The van der Waals surface area contributed by atoms with E-state index in [-0.39, 0.29) is 24.9 Å². The summed E-state index contributed by atoms with van der Waals surface area (Å²) in [7, 11) is 1.77. The lowest BCUT2D eigenvalue weighted by molar-refractivity contribution is -0.134. The third-order valence-corrected chi connectivity index (χ3v) is 5.49. The van der Waals surface area contributed by atoms with E-state index in [1.165, 1.54) is 0 Å². The number of carbonyl (C=O) groups is 2. The number of hydrogen-bond donors (Lipinski definition) is 1. The summed E-state index contributed by atoms with van der Waals surface area (Å²) < 4.78 is 5.44. The van der Waals surface area contributed by atoms with Crippen LogP contribution in [-0.4, -0.2) is 48.0 Å². The van der Waals surface area contributed by atoms with Crippen molar-refractivity contribution in [1.29, 1.82) is 0 Å². The molecule has 162 valence electrons. The minimum atomic E-state index is -0.155. The molecule has 0 unspecified atom stereocenters. The topological polar surface area (TPSA) is 65.8 Å². The van der Waals surface area contributed by atoms with Crippen LogP contribution in [0.1, 0.15) is 11.3 Å². The Bertz CT molecular complexity index is 977. The van der Waals surface area contributed by atoms with Crippen LogP contribution >= 0.6 is 11.8 Å². The fourth-order valence-corrected chi connectivity index (χ4v) is 3.75. The van der Waals surface area contributed by atoms with Crippen LogP contribution in [0.3, 0.4) is 0 Å². The maximum absolute atomic E-state index is 13.0. The van der Waals surface area contributed by atoms with Crippen molar-refractivity contribution < 1.29 is 14.0 Å². The molecule has 31 heavy (non-hydrogen) atoms. The number of nitrogens with one attached hydrogen (secondary N) is 1. The number of thioether (sulfide) groups is 1. The third kappa shape index (κ3) is 7.01. The maximum atomic E-state index is 13.0. The summed E-state index contributed by atoms with van der Waals surface area (Å²) in [5, 5.41) is 2.93. The van der Waals surface area contributed by atoms with Crippen molar-refractivity contribution in [1.82, 2.24) is 9.80 Å². The Hall–Kier alpha value is -3.03. The van der Waals surface area contributed by atoms with E-state index in [0.29, 0.717) is 13.1 Å². The van der Waals surface area contributed by atoms with Gasteiger partial charge in [-0.1, -0.05) is 42.5 Å². The first-order valence-corrected chi connectivity index (χ1v) is 11.2. The highest BCUT2D eigenvalue weighted by atomic mass is 32.2. The molecule has 0 aliphatic carbocycles. The van der Waals surface area contributed by atoms with Crippen LogP contribution in [0, 0.1) is 0 Å². The van der Waals surface area contributed by atoms with Crippen molar-refractivity contribution in [2.24, 2.45) is 0 Å². The standard InChI is InChI=1S/C24H27N3O3S/c1-26(17-23(28)25-21-12-6-7-13-22(21)31-2)18-24(29)27(16-20-11-8-14-30-20)15-19-9-4-3-5-10-19/h3-14H,15-18H2,1-2H3,(H,25,28). The average Bonchev–Trinajstić information content (AvgIpc) is 3.27. The molecule has 3 aromatic rings. The second kappa shape index (κ2) is 11.4. The molecule has 0 bridgehead atoms. The molecule has 7 heteroatoms. The van der Waals surface area contributed by atoms with Gasteiger partial charge in [0, 0.05) is 11.4 Å². The molecular weight excluding hydrogens is 410 g/mol. The number of rotatable bonds is 10. The van der Waals surface area contributed by atoms with Gasteiger partial charge in [0.05, 0.1) is 31.6 Å². The molecule has 0 spiro atoms. The number of nitrogens with zero attached hydrogens (tertiary/aromatic N) is 2. The van der Waals surface area contributed by atoms with Crippen LogP contribution in [0.5, 0.6) is 0 Å². The molecule has 6 nitrogen and oxygen atoms in total. The van der Waals surface area contributed by atoms with Crippen molar-refractivity contribution in [2.75, 3.05) is 31.7 Å². The molecule has 1 N–H and O–H groups in total. The number of carbonyl (C=O) groups excluding carboxylic acids is 2. The SMILES string of the molecule is CSc1ccccc1NC(=O)CN(C)CC(=O)N(Cc1ccccc1)Cc1ccco1. The van der Waals surface area contributed by atoms with Crippen molar-refractivity contribution >= 4 is 29.3 Å². The molecule has 0 aliphatic rings. The van der Waals surface area contributed by atoms with E-state index in [9.17, 15) is 9.59 Å². The summed E-state index contributed by atoms with van der Waals surface area (Å²) in [6, 6.07) is 21.2. The molecule has 0 aliphatic heterocycles. The Labute approximate surface area is 187 Å². The molecule has 2 aromatic carbocycles. The quantitative estimate of drug-likeness (QED) is 0.484. The molecule has 1 aromatic heterocycles. The molecular formula is C24H27N3O3S. The summed E-state index contributed by atoms with van der Waals surface area (Å²) >= 11 is 1.58. The summed E-state index contributed by atoms with van der Waals surface area (Å²) in [6.45, 7) is 1.10. The number of anilines is 1. The predicted octanol–water partition coefficient (Wildman–Crippen LogP) is 4.10. The van der Waals surface area contributed by atoms with E-state index in [2.05, 4.69) is 5.32 Å². The Balaban J connectivity index is 1.59. The van der Waals surface area contributed by atoms with E-state index in [1.807, 2.05) is 73.0 Å². The number of benzene rings is 2. The predicted molar refractivity (Wildman–Crippen MR) is 124 cm³/mol. The van der Waals surface area contributed by atoms with Gasteiger partial charge in [0.1, 0.15) is 5.76 Å². The Morgan fingerprint density at radius 2 is 1.68 bits per heavy atom. The summed E-state index contributed by atoms with van der Waals surface area (Å²) in [4.78, 5) is 30.0. The highest BCUT2D eigenvalue weighted by Gasteiger charge is 2.19. The number of furan rings is 1. The zero-order chi connectivity index (χ0) is 22.1. The molecule has 0 fully saturated rings. The third-order valence-electron chi connectivity index (χ3n) is 4.70. The van der Waals surface area contributed by atoms with Crippen molar-refractivity contribution in [2.45, 2.75) is 18.0 Å². The first-order valence-electron chi connectivity index (χ1n) is 10.0. The van der Waals surface area contributed by atoms with Crippen molar-refractivity contribution in [3.8, 4) is 0 Å². The van der Waals surface area contributed by atoms with Crippen LogP contribution in [0.4, 0.5) is 5.69 Å². The largest absolute Gasteiger partial charge is 0.467 e. The highest BCUT2D eigenvalue weighted by Crippen LogP contribution is 2.24. The molecule has 3 rings (SSSR count). The van der Waals surface area contributed by atoms with E-state index >= 15 is 0 Å². The highest BCUT2D eigenvalue weighted by molar-refractivity contribution is 7.98. The molecule has 0 atom stereocenters. The second-order valence-electron chi connectivity index (χ2n) is 7.24. The van der Waals surface area contributed by atoms with Gasteiger partial charge in [-0.3, -0.25) is 14.5 Å². The first-order chi connectivity index (χ1) is 15.0. The minimum Gasteiger partial charge on any atom is -0.467 e. The maximum Gasteiger partial charge on any atom is 0.238 e. The van der Waals surface area contributed by atoms with Crippen LogP contribution in [-0.2, 0) is 22.7 Å². The number of amides is 2. The van der Waals surface area contributed by atoms with Gasteiger partial charge in [-0.25, -0.2) is 0 Å². The normalized spacial score (nSPS) is 10.8. The number of likely N-dealkylation sites (N-methyl/N-ethyl adjacent to an activating group) is 1. The lowest BCUT2D eigenvalue weighted by Gasteiger charge is -2.25. The van der Waals surface area contributed by atoms with Gasteiger partial charge in [-0.15, -0.1) is 11.8 Å². The lowest BCUT2D eigenvalue weighted by atomic mass is 10.2. The van der Waals surface area contributed by atoms with Crippen LogP contribution in [0.25, 0.3) is 0 Å². The fourth-order valence-electron chi connectivity index (χ4n) is 3.20. The van der Waals surface area contributed by atoms with Crippen LogP contribution in [0.15, 0.2) is 82.3 Å². The Kier molecular flexibility index (Phi) is 8.32. The Morgan fingerprint density at radius 1 is 0.935 bits per heavy atom. The van der Waals surface area contributed by atoms with Gasteiger partial charge in [0.15, 0.2) is 0 Å². The van der Waals surface area contributed by atoms with Gasteiger partial charge in [0.2, 0.25) is 11.8 Å². The van der Waals surface area contributed by atoms with Crippen LogP contribution in [0.2, 0.25) is 0 Å². The van der Waals surface area contributed by atoms with Gasteiger partial charge in [-0.2, -0.15) is 0 Å². The minimum absolute atomic E-state index is 0.0694. The zero-order valence-corrected chi connectivity index (χ0v) is 18.6. The molecule has 0 radical (unpaired) electrons. The summed E-state index contributed by atoms with van der Waals surface area (Å²) in [5.41, 5.74) is 1.82. The zero-order valence-electron chi connectivity index (χ0n) is 17.8. The molecule has 1 heterocycles. The van der Waals surface area contributed by atoms with Crippen molar-refractivity contribution in [3.63, 3.8) is 0 Å². The summed E-state index contributed by atoms with van der Waals surface area (Å²) in [6.07, 6.45) is 3.57. The van der Waals surface area contributed by atoms with Gasteiger partial charge in [-0.05, 0) is 43.1 Å². The van der Waals surface area contributed by atoms with Crippen LogP contribution < -0.4 is 5.32 Å². The monoisotopic (exact) mass is 437 g/mol. The lowest BCUT2D eigenvalue weighted by Crippen LogP contribution is -2.40. The van der Waals surface area contributed by atoms with Crippen molar-refractivity contribution in [3.05, 3.63) is 84.3 Å². The van der Waals surface area contributed by atoms with Gasteiger partial charge >= 0.3 is 0 Å². The number of hydrogen-bond acceptors (Lipinski definition) is 5. The van der Waals surface area contributed by atoms with E-state index in [1.54, 1.807) is 34.9 Å². The summed E-state index contributed by atoms with van der Waals surface area (Å²) in [5.74, 6) is 0.496. The van der Waals surface area contributed by atoms with E-state index < -0.39 is 0 Å². The molecule has 2 amide bonds. The van der Waals surface area contributed by atoms with E-state index in [4.69, 9.17) is 4.42 Å². The Morgan fingerprint density at radius 3 is 2.39 bits per heavy atom. The van der Waals surface area contributed by atoms with E-state index in [0.717, 1.165) is 21.9 Å². The number of para-hydroxylation sites is 1. The fraction of sp³-hybridized carbons (Fsp3) is 0.250. The smallest absolute Gasteiger partial charge is 0.238 e. The molecule has 0 saturated heterocycles. The van der Waals surface area contributed by atoms with Gasteiger partial charge in [0.25, 0.3) is 0 Å². The van der Waals surface area contributed by atoms with Gasteiger partial charge < -0.3 is 14.6 Å². The molecule has 0 saturated carbocycles. The first kappa shape index (κ1) is 22.7. The average molecular weight is 438 g/mol.